The van der Waals surface area contributed by atoms with Gasteiger partial charge in [0.25, 0.3) is 0 Å². The molecule has 20 heavy (non-hydrogen) atoms. The molecule has 0 bridgehead atoms. The van der Waals surface area contributed by atoms with Crippen molar-refractivity contribution in [2.24, 2.45) is 7.05 Å². The van der Waals surface area contributed by atoms with Crippen LogP contribution in [0, 0.1) is 0 Å². The molecule has 2 rings (SSSR count). The maximum Gasteiger partial charge on any atom is 0.337 e. The fourth-order valence-corrected chi connectivity index (χ4v) is 2.69. The maximum atomic E-state index is 11.6. The molecule has 0 atom stereocenters. The first-order chi connectivity index (χ1) is 9.25. The van der Waals surface area contributed by atoms with E-state index in [1.165, 1.54) is 5.56 Å². The molecule has 0 spiro atoms. The van der Waals surface area contributed by atoms with Gasteiger partial charge in [0.2, 0.25) is 0 Å². The lowest BCUT2D eigenvalue weighted by atomic mass is 9.84. The van der Waals surface area contributed by atoms with Gasteiger partial charge >= 0.3 is 5.97 Å². The summed E-state index contributed by atoms with van der Waals surface area (Å²) in [5.41, 5.74) is 3.48. The van der Waals surface area contributed by atoms with Crippen molar-refractivity contribution in [3.05, 3.63) is 35.0 Å². The molecule has 0 unspecified atom stereocenters. The van der Waals surface area contributed by atoms with Crippen molar-refractivity contribution in [3.8, 4) is 0 Å². The van der Waals surface area contributed by atoms with Crippen molar-refractivity contribution in [2.75, 3.05) is 0 Å². The Kier molecular flexibility index (Phi) is 3.63. The number of aromatic carboxylic acids is 1. The summed E-state index contributed by atoms with van der Waals surface area (Å²) in [7, 11) is 1.92. The highest BCUT2D eigenvalue weighted by Gasteiger charge is 2.21. The second-order valence-corrected chi connectivity index (χ2v) is 6.49. The Balaban J connectivity index is 2.84. The lowest BCUT2D eigenvalue weighted by molar-refractivity contribution is 0.0698. The average molecular weight is 273 g/mol. The number of benzene rings is 1. The van der Waals surface area contributed by atoms with Crippen LogP contribution in [0.15, 0.2) is 18.3 Å². The van der Waals surface area contributed by atoms with Gasteiger partial charge in [0.1, 0.15) is 0 Å². The van der Waals surface area contributed by atoms with E-state index in [0.29, 0.717) is 5.56 Å². The molecule has 0 fully saturated rings. The van der Waals surface area contributed by atoms with E-state index in [-0.39, 0.29) is 5.41 Å². The highest BCUT2D eigenvalue weighted by Crippen LogP contribution is 2.32. The van der Waals surface area contributed by atoms with Crippen LogP contribution in [-0.4, -0.2) is 15.6 Å². The third-order valence-corrected chi connectivity index (χ3v) is 3.77. The van der Waals surface area contributed by atoms with E-state index in [4.69, 9.17) is 0 Å². The van der Waals surface area contributed by atoms with E-state index in [1.54, 1.807) is 0 Å². The molecule has 0 aliphatic rings. The van der Waals surface area contributed by atoms with Crippen LogP contribution in [0.3, 0.4) is 0 Å². The van der Waals surface area contributed by atoms with E-state index >= 15 is 0 Å². The zero-order chi connectivity index (χ0) is 15.1. The Morgan fingerprint density at radius 1 is 1.30 bits per heavy atom. The minimum atomic E-state index is -0.856. The summed E-state index contributed by atoms with van der Waals surface area (Å²) >= 11 is 0. The Morgan fingerprint density at radius 2 is 1.95 bits per heavy atom. The summed E-state index contributed by atoms with van der Waals surface area (Å²) in [4.78, 5) is 11.6. The summed E-state index contributed by atoms with van der Waals surface area (Å²) < 4.78 is 1.94. The van der Waals surface area contributed by atoms with E-state index in [2.05, 4.69) is 40.0 Å². The highest BCUT2D eigenvalue weighted by atomic mass is 16.4. The van der Waals surface area contributed by atoms with Crippen molar-refractivity contribution in [2.45, 2.75) is 46.0 Å². The summed E-state index contributed by atoms with van der Waals surface area (Å²) in [5.74, 6) is -0.856. The third-order valence-electron chi connectivity index (χ3n) is 3.77. The molecule has 1 aromatic heterocycles. The topological polar surface area (TPSA) is 42.2 Å². The smallest absolute Gasteiger partial charge is 0.337 e. The Morgan fingerprint density at radius 3 is 2.45 bits per heavy atom. The lowest BCUT2D eigenvalue weighted by Crippen LogP contribution is -2.13. The van der Waals surface area contributed by atoms with Crippen LogP contribution < -0.4 is 0 Å². The Hall–Kier alpha value is -1.77. The lowest BCUT2D eigenvalue weighted by Gasteiger charge is -2.20. The average Bonchev–Trinajstić information content (AvgIpc) is 2.65. The van der Waals surface area contributed by atoms with Crippen LogP contribution in [0.2, 0.25) is 0 Å². The van der Waals surface area contributed by atoms with Gasteiger partial charge in [-0.2, -0.15) is 0 Å². The van der Waals surface area contributed by atoms with Gasteiger partial charge in [-0.05, 0) is 35.1 Å². The van der Waals surface area contributed by atoms with Crippen LogP contribution in [0.25, 0.3) is 10.9 Å². The van der Waals surface area contributed by atoms with Crippen LogP contribution >= 0.6 is 0 Å². The van der Waals surface area contributed by atoms with Gasteiger partial charge in [-0.15, -0.1) is 0 Å². The fraction of sp³-hybridized carbons (Fsp3) is 0.471. The number of hydrogen-bond acceptors (Lipinski definition) is 1. The van der Waals surface area contributed by atoms with E-state index in [9.17, 15) is 9.90 Å². The van der Waals surface area contributed by atoms with Crippen molar-refractivity contribution < 1.29 is 9.90 Å². The molecule has 2 aromatic rings. The first kappa shape index (κ1) is 14.6. The highest BCUT2D eigenvalue weighted by molar-refractivity contribution is 6.04. The molecule has 0 amide bonds. The molecule has 0 saturated heterocycles. The molecule has 1 aromatic carbocycles. The molecule has 0 aliphatic heterocycles. The van der Waals surface area contributed by atoms with Crippen molar-refractivity contribution >= 4 is 16.9 Å². The zero-order valence-electron chi connectivity index (χ0n) is 12.9. The third kappa shape index (κ3) is 2.45. The molecular formula is C17H23NO2. The van der Waals surface area contributed by atoms with E-state index in [0.717, 1.165) is 29.3 Å². The summed E-state index contributed by atoms with van der Waals surface area (Å²) in [6.07, 6.45) is 4.10. The van der Waals surface area contributed by atoms with Crippen LogP contribution in [0.5, 0.6) is 0 Å². The number of aryl methyl sites for hydroxylation is 2. The summed E-state index contributed by atoms with van der Waals surface area (Å²) in [5, 5.41) is 10.6. The molecule has 0 radical (unpaired) electrons. The van der Waals surface area contributed by atoms with Crippen LogP contribution in [0.1, 0.15) is 55.6 Å². The summed E-state index contributed by atoms with van der Waals surface area (Å²) in [6.45, 7) is 8.48. The number of carbonyl (C=O) groups is 1. The number of fused-ring (bicyclic) bond motifs is 1. The Labute approximate surface area is 120 Å². The van der Waals surface area contributed by atoms with Crippen LogP contribution in [-0.2, 0) is 18.9 Å². The van der Waals surface area contributed by atoms with Gasteiger partial charge in [0.05, 0.1) is 11.1 Å². The second kappa shape index (κ2) is 4.97. The van der Waals surface area contributed by atoms with Crippen molar-refractivity contribution in [1.29, 1.82) is 0 Å². The SMILES string of the molecule is CCCc1cn(C)c2c(C(=O)O)cc(C(C)(C)C)cc12. The van der Waals surface area contributed by atoms with Gasteiger partial charge in [-0.3, -0.25) is 0 Å². The number of nitrogens with zero attached hydrogens (tertiary/aromatic N) is 1. The standard InChI is InChI=1S/C17H23NO2/c1-6-7-11-10-18(5)15-13(11)8-12(17(2,3)4)9-14(15)16(19)20/h8-10H,6-7H2,1-5H3,(H,19,20). The normalized spacial score (nSPS) is 12.1. The van der Waals surface area contributed by atoms with Crippen molar-refractivity contribution in [1.82, 2.24) is 4.57 Å². The minimum Gasteiger partial charge on any atom is -0.478 e. The second-order valence-electron chi connectivity index (χ2n) is 6.49. The monoisotopic (exact) mass is 273 g/mol. The predicted octanol–water partition coefficient (Wildman–Crippen LogP) is 4.13. The molecule has 108 valence electrons. The largest absolute Gasteiger partial charge is 0.478 e. The molecule has 0 saturated carbocycles. The maximum absolute atomic E-state index is 11.6. The Bertz CT molecular complexity index is 660. The predicted molar refractivity (Wildman–Crippen MR) is 82.6 cm³/mol. The van der Waals surface area contributed by atoms with Gasteiger partial charge in [0, 0.05) is 18.6 Å². The van der Waals surface area contributed by atoms with Gasteiger partial charge in [-0.1, -0.05) is 34.1 Å². The first-order valence-electron chi connectivity index (χ1n) is 7.11. The number of carboxylic acid groups (broad SMARTS) is 1. The van der Waals surface area contributed by atoms with E-state index < -0.39 is 5.97 Å². The van der Waals surface area contributed by atoms with Crippen molar-refractivity contribution in [3.63, 3.8) is 0 Å². The van der Waals surface area contributed by atoms with Gasteiger partial charge in [-0.25, -0.2) is 4.79 Å². The molecule has 3 nitrogen and oxygen atoms in total. The molecule has 1 heterocycles. The van der Waals surface area contributed by atoms with Gasteiger partial charge < -0.3 is 9.67 Å². The fourth-order valence-electron chi connectivity index (χ4n) is 2.69. The molecule has 3 heteroatoms. The number of carboxylic acids is 1. The van der Waals surface area contributed by atoms with Crippen LogP contribution in [0.4, 0.5) is 0 Å². The summed E-state index contributed by atoms with van der Waals surface area (Å²) in [6, 6.07) is 3.98. The molecule has 0 aliphatic carbocycles. The zero-order valence-corrected chi connectivity index (χ0v) is 12.9. The number of aromatic nitrogens is 1. The molecule has 1 N–H and O–H groups in total. The van der Waals surface area contributed by atoms with Gasteiger partial charge in [0.15, 0.2) is 0 Å². The number of rotatable bonds is 3. The minimum absolute atomic E-state index is 0.0578. The van der Waals surface area contributed by atoms with E-state index in [1.807, 2.05) is 17.7 Å². The molecular weight excluding hydrogens is 250 g/mol. The number of hydrogen-bond donors (Lipinski definition) is 1. The quantitative estimate of drug-likeness (QED) is 0.913. The first-order valence-corrected chi connectivity index (χ1v) is 7.11.